The van der Waals surface area contributed by atoms with E-state index in [9.17, 15) is 9.59 Å². The molecule has 0 saturated carbocycles. The Morgan fingerprint density at radius 1 is 1.42 bits per heavy atom. The molecular weight excluding hydrogens is 242 g/mol. The van der Waals surface area contributed by atoms with Crippen molar-refractivity contribution in [3.63, 3.8) is 0 Å². The third kappa shape index (κ3) is 4.52. The molecule has 0 aliphatic rings. The van der Waals surface area contributed by atoms with Gasteiger partial charge in [-0.3, -0.25) is 9.59 Å². The first-order valence-corrected chi connectivity index (χ1v) is 6.77. The van der Waals surface area contributed by atoms with Gasteiger partial charge in [-0.2, -0.15) is 0 Å². The molecule has 0 aliphatic carbocycles. The second kappa shape index (κ2) is 7.74. The number of carbonyl (C=O) groups is 2. The first-order chi connectivity index (χ1) is 9.12. The zero-order valence-corrected chi connectivity index (χ0v) is 12.0. The van der Waals surface area contributed by atoms with Crippen LogP contribution in [0, 0.1) is 6.92 Å². The van der Waals surface area contributed by atoms with E-state index in [1.807, 2.05) is 6.92 Å². The van der Waals surface area contributed by atoms with E-state index in [1.165, 1.54) is 0 Å². The van der Waals surface area contributed by atoms with Crippen molar-refractivity contribution in [1.29, 1.82) is 0 Å². The summed E-state index contributed by atoms with van der Waals surface area (Å²) < 4.78 is 0. The number of amides is 1. The van der Waals surface area contributed by atoms with Gasteiger partial charge in [-0.15, -0.1) is 0 Å². The molecule has 1 heterocycles. The average molecular weight is 265 g/mol. The Bertz CT molecular complexity index is 422. The van der Waals surface area contributed by atoms with Crippen LogP contribution in [-0.4, -0.2) is 48.3 Å². The summed E-state index contributed by atoms with van der Waals surface area (Å²) in [7, 11) is 0. The fourth-order valence-corrected chi connectivity index (χ4v) is 2.02. The normalized spacial score (nSPS) is 10.7. The highest BCUT2D eigenvalue weighted by Gasteiger charge is 2.11. The van der Waals surface area contributed by atoms with E-state index in [-0.39, 0.29) is 5.91 Å². The molecule has 0 atom stereocenters. The predicted molar refractivity (Wildman–Crippen MR) is 75.7 cm³/mol. The van der Waals surface area contributed by atoms with Crippen LogP contribution in [0.3, 0.4) is 0 Å². The summed E-state index contributed by atoms with van der Waals surface area (Å²) in [6, 6.07) is 1.68. The molecule has 0 spiro atoms. The van der Waals surface area contributed by atoms with Gasteiger partial charge >= 0.3 is 0 Å². The summed E-state index contributed by atoms with van der Waals surface area (Å²) in [4.78, 5) is 27.7. The van der Waals surface area contributed by atoms with E-state index in [0.717, 1.165) is 31.6 Å². The molecule has 1 rings (SSSR count). The van der Waals surface area contributed by atoms with Gasteiger partial charge in [0.1, 0.15) is 5.69 Å². The van der Waals surface area contributed by atoms with E-state index in [4.69, 9.17) is 0 Å². The van der Waals surface area contributed by atoms with Crippen LogP contribution < -0.4 is 5.32 Å². The second-order valence-electron chi connectivity index (χ2n) is 4.54. The molecule has 0 bridgehead atoms. The predicted octanol–water partition coefficient (Wildman–Crippen LogP) is 1.60. The van der Waals surface area contributed by atoms with E-state index in [0.29, 0.717) is 24.2 Å². The van der Waals surface area contributed by atoms with Crippen molar-refractivity contribution < 1.29 is 9.59 Å². The number of hydrogen-bond donors (Lipinski definition) is 2. The third-order valence-corrected chi connectivity index (χ3v) is 3.22. The molecule has 19 heavy (non-hydrogen) atoms. The van der Waals surface area contributed by atoms with Crippen LogP contribution in [0.2, 0.25) is 0 Å². The Labute approximate surface area is 114 Å². The summed E-state index contributed by atoms with van der Waals surface area (Å²) in [6.07, 6.45) is 1.64. The molecule has 1 amide bonds. The molecule has 0 radical (unpaired) electrons. The van der Waals surface area contributed by atoms with Gasteiger partial charge in [-0.1, -0.05) is 13.8 Å². The van der Waals surface area contributed by atoms with Crippen molar-refractivity contribution in [2.75, 3.05) is 26.2 Å². The standard InChI is InChI=1S/C14H23N3O2/c1-4-17(5-2)8-6-7-15-14(19)13-11(3)9-12(10-18)16-13/h9-10,16H,4-8H2,1-3H3,(H,15,19). The highest BCUT2D eigenvalue weighted by atomic mass is 16.2. The smallest absolute Gasteiger partial charge is 0.267 e. The zero-order chi connectivity index (χ0) is 14.3. The van der Waals surface area contributed by atoms with Crippen LogP contribution in [0.4, 0.5) is 0 Å². The Kier molecular flexibility index (Phi) is 6.29. The maximum absolute atomic E-state index is 11.9. The number of aldehydes is 1. The summed E-state index contributed by atoms with van der Waals surface area (Å²) >= 11 is 0. The lowest BCUT2D eigenvalue weighted by Gasteiger charge is -2.17. The van der Waals surface area contributed by atoms with E-state index < -0.39 is 0 Å². The van der Waals surface area contributed by atoms with Gasteiger partial charge in [0, 0.05) is 6.54 Å². The fraction of sp³-hybridized carbons (Fsp3) is 0.571. The van der Waals surface area contributed by atoms with Crippen molar-refractivity contribution in [1.82, 2.24) is 15.2 Å². The van der Waals surface area contributed by atoms with Gasteiger partial charge in [0.05, 0.1) is 5.69 Å². The molecule has 0 unspecified atom stereocenters. The van der Waals surface area contributed by atoms with Crippen molar-refractivity contribution in [2.24, 2.45) is 0 Å². The van der Waals surface area contributed by atoms with Gasteiger partial charge in [0.15, 0.2) is 6.29 Å². The van der Waals surface area contributed by atoms with Crippen LogP contribution in [-0.2, 0) is 0 Å². The maximum atomic E-state index is 11.9. The van der Waals surface area contributed by atoms with Gasteiger partial charge in [0.2, 0.25) is 0 Å². The molecule has 1 aromatic rings. The van der Waals surface area contributed by atoms with Crippen LogP contribution in [0.25, 0.3) is 0 Å². The molecule has 1 aromatic heterocycles. The lowest BCUT2D eigenvalue weighted by Crippen LogP contribution is -2.30. The first kappa shape index (κ1) is 15.4. The lowest BCUT2D eigenvalue weighted by atomic mass is 10.2. The summed E-state index contributed by atoms with van der Waals surface area (Å²) in [5.41, 5.74) is 1.71. The van der Waals surface area contributed by atoms with Gasteiger partial charge in [-0.05, 0) is 44.6 Å². The quantitative estimate of drug-likeness (QED) is 0.554. The molecular formula is C14H23N3O2. The number of aryl methyl sites for hydroxylation is 1. The molecule has 0 saturated heterocycles. The summed E-state index contributed by atoms with van der Waals surface area (Å²) in [6.45, 7) is 9.76. The molecule has 0 aliphatic heterocycles. The topological polar surface area (TPSA) is 65.2 Å². The molecule has 106 valence electrons. The SMILES string of the molecule is CCN(CC)CCCNC(=O)c1[nH]c(C=O)cc1C. The Morgan fingerprint density at radius 2 is 2.11 bits per heavy atom. The number of nitrogens with one attached hydrogen (secondary N) is 2. The Hall–Kier alpha value is -1.62. The highest BCUT2D eigenvalue weighted by molar-refractivity contribution is 5.95. The summed E-state index contributed by atoms with van der Waals surface area (Å²) in [5.74, 6) is -0.148. The number of aromatic nitrogens is 1. The molecule has 5 heteroatoms. The average Bonchev–Trinajstić information content (AvgIpc) is 2.80. The Morgan fingerprint density at radius 3 is 2.63 bits per heavy atom. The van der Waals surface area contributed by atoms with Crippen molar-refractivity contribution in [3.05, 3.63) is 23.0 Å². The number of nitrogens with zero attached hydrogens (tertiary/aromatic N) is 1. The van der Waals surface area contributed by atoms with E-state index in [2.05, 4.69) is 29.0 Å². The van der Waals surface area contributed by atoms with Crippen LogP contribution in [0.1, 0.15) is 46.8 Å². The number of H-pyrrole nitrogens is 1. The number of hydrogen-bond acceptors (Lipinski definition) is 3. The summed E-state index contributed by atoms with van der Waals surface area (Å²) in [5, 5.41) is 2.87. The Balaban J connectivity index is 2.39. The zero-order valence-electron chi connectivity index (χ0n) is 12.0. The minimum atomic E-state index is -0.148. The van der Waals surface area contributed by atoms with Crippen LogP contribution >= 0.6 is 0 Å². The van der Waals surface area contributed by atoms with Gasteiger partial charge in [0.25, 0.3) is 5.91 Å². The highest BCUT2D eigenvalue weighted by Crippen LogP contribution is 2.08. The van der Waals surface area contributed by atoms with Crippen molar-refractivity contribution >= 4 is 12.2 Å². The maximum Gasteiger partial charge on any atom is 0.267 e. The van der Waals surface area contributed by atoms with Crippen molar-refractivity contribution in [3.8, 4) is 0 Å². The molecule has 0 aromatic carbocycles. The minimum absolute atomic E-state index is 0.148. The monoisotopic (exact) mass is 265 g/mol. The largest absolute Gasteiger partial charge is 0.351 e. The van der Waals surface area contributed by atoms with Gasteiger partial charge in [-0.25, -0.2) is 0 Å². The van der Waals surface area contributed by atoms with Crippen molar-refractivity contribution in [2.45, 2.75) is 27.2 Å². The molecule has 2 N–H and O–H groups in total. The van der Waals surface area contributed by atoms with Gasteiger partial charge < -0.3 is 15.2 Å². The minimum Gasteiger partial charge on any atom is -0.351 e. The number of carbonyl (C=O) groups excluding carboxylic acids is 2. The first-order valence-electron chi connectivity index (χ1n) is 6.77. The van der Waals surface area contributed by atoms with E-state index >= 15 is 0 Å². The number of aromatic amines is 1. The number of rotatable bonds is 8. The lowest BCUT2D eigenvalue weighted by molar-refractivity contribution is 0.0947. The van der Waals surface area contributed by atoms with Crippen LogP contribution in [0.5, 0.6) is 0 Å². The van der Waals surface area contributed by atoms with Crippen LogP contribution in [0.15, 0.2) is 6.07 Å². The fourth-order valence-electron chi connectivity index (χ4n) is 2.02. The molecule has 5 nitrogen and oxygen atoms in total. The third-order valence-electron chi connectivity index (χ3n) is 3.22. The second-order valence-corrected chi connectivity index (χ2v) is 4.54. The van der Waals surface area contributed by atoms with E-state index in [1.54, 1.807) is 6.07 Å². The molecule has 0 fully saturated rings.